The van der Waals surface area contributed by atoms with Gasteiger partial charge in [-0.15, -0.1) is 0 Å². The first-order valence-corrected chi connectivity index (χ1v) is 11.7. The van der Waals surface area contributed by atoms with E-state index in [2.05, 4.69) is 114 Å². The lowest BCUT2D eigenvalue weighted by molar-refractivity contribution is 0.785. The van der Waals surface area contributed by atoms with Gasteiger partial charge in [0.25, 0.3) is 0 Å². The number of nitrogens with zero attached hydrogens (tertiary/aromatic N) is 2. The molecule has 0 radical (unpaired) electrons. The van der Waals surface area contributed by atoms with Crippen LogP contribution in [0, 0.1) is 0 Å². The van der Waals surface area contributed by atoms with Crippen LogP contribution in [0.15, 0.2) is 48.8 Å². The SMILES string of the molecule is CC(C)c1cccc(C(C)C)c1N1C=CN(c2c(C(C)C)cccc2C(C)C)C1Cl. The summed E-state index contributed by atoms with van der Waals surface area (Å²) in [7, 11) is 0. The summed E-state index contributed by atoms with van der Waals surface area (Å²) in [6, 6.07) is 13.3. The Labute approximate surface area is 188 Å². The van der Waals surface area contributed by atoms with Crippen LogP contribution in [0.5, 0.6) is 0 Å². The highest BCUT2D eigenvalue weighted by Gasteiger charge is 2.33. The minimum absolute atomic E-state index is 0.292. The van der Waals surface area contributed by atoms with E-state index in [1.807, 2.05) is 0 Å². The van der Waals surface area contributed by atoms with Crippen molar-refractivity contribution in [3.8, 4) is 0 Å². The summed E-state index contributed by atoms with van der Waals surface area (Å²) in [5, 5.41) is 0. The van der Waals surface area contributed by atoms with E-state index in [9.17, 15) is 0 Å². The second-order valence-electron chi connectivity index (χ2n) is 9.61. The Morgan fingerprint density at radius 1 is 0.567 bits per heavy atom. The first-order chi connectivity index (χ1) is 14.1. The maximum absolute atomic E-state index is 7.21. The summed E-state index contributed by atoms with van der Waals surface area (Å²) in [6.07, 6.45) is 4.32. The first kappa shape index (κ1) is 22.7. The van der Waals surface area contributed by atoms with E-state index in [0.29, 0.717) is 23.7 Å². The van der Waals surface area contributed by atoms with Gasteiger partial charge in [-0.2, -0.15) is 0 Å². The molecular weight excluding hydrogens is 388 g/mol. The molecule has 162 valence electrons. The van der Waals surface area contributed by atoms with E-state index in [-0.39, 0.29) is 5.62 Å². The fourth-order valence-electron chi connectivity index (χ4n) is 4.40. The van der Waals surface area contributed by atoms with Gasteiger partial charge in [0.05, 0.1) is 11.4 Å². The van der Waals surface area contributed by atoms with Crippen LogP contribution < -0.4 is 9.80 Å². The fourth-order valence-corrected chi connectivity index (χ4v) is 4.73. The number of hydrogen-bond donors (Lipinski definition) is 0. The van der Waals surface area contributed by atoms with Crippen LogP contribution in [0.25, 0.3) is 0 Å². The Hall–Kier alpha value is -1.93. The third-order valence-electron chi connectivity index (χ3n) is 6.05. The van der Waals surface area contributed by atoms with E-state index >= 15 is 0 Å². The zero-order chi connectivity index (χ0) is 22.2. The molecule has 2 nitrogen and oxygen atoms in total. The molecule has 0 atom stereocenters. The lowest BCUT2D eigenvalue weighted by atomic mass is 9.91. The fraction of sp³-hybridized carbons (Fsp3) is 0.481. The summed E-state index contributed by atoms with van der Waals surface area (Å²) in [5.41, 5.74) is 7.61. The third kappa shape index (κ3) is 4.12. The van der Waals surface area contributed by atoms with E-state index in [1.54, 1.807) is 0 Å². The van der Waals surface area contributed by atoms with Gasteiger partial charge in [-0.3, -0.25) is 0 Å². The van der Waals surface area contributed by atoms with Crippen molar-refractivity contribution in [3.63, 3.8) is 0 Å². The standard InChI is InChI=1S/C27H37ClN2/c1-17(2)21-11-9-12-22(18(3)4)25(21)29-15-16-30(27(29)28)26-23(19(5)6)13-10-14-24(26)20(7)8/h9-20,27H,1-8H3. The lowest BCUT2D eigenvalue weighted by Gasteiger charge is -2.34. The van der Waals surface area contributed by atoms with Gasteiger partial charge in [-0.25, -0.2) is 0 Å². The van der Waals surface area contributed by atoms with Crippen molar-refractivity contribution in [3.05, 3.63) is 71.1 Å². The zero-order valence-electron chi connectivity index (χ0n) is 19.8. The minimum Gasteiger partial charge on any atom is -0.312 e. The van der Waals surface area contributed by atoms with Crippen LogP contribution >= 0.6 is 11.6 Å². The molecule has 0 bridgehead atoms. The van der Waals surface area contributed by atoms with Crippen LogP contribution in [0.1, 0.15) is 101 Å². The summed E-state index contributed by atoms with van der Waals surface area (Å²) in [6.45, 7) is 18.1. The number of hydrogen-bond acceptors (Lipinski definition) is 2. The summed E-state index contributed by atoms with van der Waals surface area (Å²) in [4.78, 5) is 4.51. The van der Waals surface area contributed by atoms with Gasteiger partial charge in [0.1, 0.15) is 0 Å². The van der Waals surface area contributed by atoms with Crippen LogP contribution in [0.3, 0.4) is 0 Å². The molecule has 3 heteroatoms. The number of rotatable bonds is 6. The van der Waals surface area contributed by atoms with E-state index in [4.69, 9.17) is 11.6 Å². The highest BCUT2D eigenvalue weighted by atomic mass is 35.5. The molecule has 0 aromatic heterocycles. The quantitative estimate of drug-likeness (QED) is 0.338. The maximum atomic E-state index is 7.21. The average Bonchev–Trinajstić information content (AvgIpc) is 3.07. The van der Waals surface area contributed by atoms with Gasteiger partial charge < -0.3 is 9.80 Å². The Morgan fingerprint density at radius 3 is 1.07 bits per heavy atom. The largest absolute Gasteiger partial charge is 0.312 e. The van der Waals surface area contributed by atoms with Gasteiger partial charge in [-0.05, 0) is 45.9 Å². The van der Waals surface area contributed by atoms with Crippen LogP contribution in [-0.2, 0) is 0 Å². The van der Waals surface area contributed by atoms with Crippen molar-refractivity contribution < 1.29 is 0 Å². The molecule has 0 fully saturated rings. The monoisotopic (exact) mass is 424 g/mol. The molecule has 2 aromatic carbocycles. The number of halogens is 1. The van der Waals surface area contributed by atoms with Crippen molar-refractivity contribution in [2.45, 2.75) is 84.7 Å². The molecule has 1 heterocycles. The second kappa shape index (κ2) is 9.06. The highest BCUT2D eigenvalue weighted by molar-refractivity contribution is 6.24. The van der Waals surface area contributed by atoms with Crippen molar-refractivity contribution in [2.75, 3.05) is 9.80 Å². The minimum atomic E-state index is -0.292. The summed E-state index contributed by atoms with van der Waals surface area (Å²) in [5.74, 6) is 1.72. The molecule has 0 saturated heterocycles. The average molecular weight is 425 g/mol. The second-order valence-corrected chi connectivity index (χ2v) is 10.0. The third-order valence-corrected chi connectivity index (χ3v) is 6.47. The first-order valence-electron chi connectivity index (χ1n) is 11.3. The highest BCUT2D eigenvalue weighted by Crippen LogP contribution is 2.43. The topological polar surface area (TPSA) is 6.48 Å². The van der Waals surface area contributed by atoms with Crippen molar-refractivity contribution >= 4 is 23.0 Å². The van der Waals surface area contributed by atoms with Crippen LogP contribution in [0.2, 0.25) is 0 Å². The van der Waals surface area contributed by atoms with Gasteiger partial charge in [-0.1, -0.05) is 103 Å². The number of alkyl halides is 1. The van der Waals surface area contributed by atoms with Crippen molar-refractivity contribution in [2.24, 2.45) is 0 Å². The molecule has 0 N–H and O–H groups in total. The predicted octanol–water partition coefficient (Wildman–Crippen LogP) is 8.50. The van der Waals surface area contributed by atoms with Crippen molar-refractivity contribution in [1.82, 2.24) is 0 Å². The van der Waals surface area contributed by atoms with Gasteiger partial charge in [0, 0.05) is 12.4 Å². The molecule has 0 saturated carbocycles. The molecule has 1 aliphatic heterocycles. The normalized spacial score (nSPS) is 15.0. The van der Waals surface area contributed by atoms with Crippen molar-refractivity contribution in [1.29, 1.82) is 0 Å². The number of benzene rings is 2. The maximum Gasteiger partial charge on any atom is 0.187 e. The predicted molar refractivity (Wildman–Crippen MR) is 133 cm³/mol. The molecule has 0 amide bonds. The Kier molecular flexibility index (Phi) is 6.87. The summed E-state index contributed by atoms with van der Waals surface area (Å²) >= 11 is 7.21. The zero-order valence-corrected chi connectivity index (χ0v) is 20.5. The summed E-state index contributed by atoms with van der Waals surface area (Å²) < 4.78 is 0. The number of para-hydroxylation sites is 2. The van der Waals surface area contributed by atoms with E-state index < -0.39 is 0 Å². The van der Waals surface area contributed by atoms with Gasteiger partial charge in [0.15, 0.2) is 5.62 Å². The van der Waals surface area contributed by atoms with Gasteiger partial charge in [0.2, 0.25) is 0 Å². The van der Waals surface area contributed by atoms with E-state index in [1.165, 1.54) is 33.6 Å². The van der Waals surface area contributed by atoms with Crippen LogP contribution in [-0.4, -0.2) is 5.62 Å². The molecule has 0 spiro atoms. The molecule has 0 unspecified atom stereocenters. The molecule has 3 rings (SSSR count). The molecule has 0 aliphatic carbocycles. The van der Waals surface area contributed by atoms with Gasteiger partial charge >= 0.3 is 0 Å². The Balaban J connectivity index is 2.12. The molecular formula is C27H37ClN2. The molecule has 1 aliphatic rings. The Morgan fingerprint density at radius 2 is 0.833 bits per heavy atom. The molecule has 30 heavy (non-hydrogen) atoms. The molecule has 2 aromatic rings. The lowest BCUT2D eigenvalue weighted by Crippen LogP contribution is -2.36. The van der Waals surface area contributed by atoms with Crippen LogP contribution in [0.4, 0.5) is 11.4 Å². The van der Waals surface area contributed by atoms with E-state index in [0.717, 1.165) is 0 Å². The Bertz CT molecular complexity index is 785. The smallest absolute Gasteiger partial charge is 0.187 e. The number of anilines is 2.